The quantitative estimate of drug-likeness (QED) is 0.772. The Morgan fingerprint density at radius 2 is 1.74 bits per heavy atom. The topological polar surface area (TPSA) is 67.4 Å². The predicted octanol–water partition coefficient (Wildman–Crippen LogP) is 1.94. The highest BCUT2D eigenvalue weighted by atomic mass is 16.6. The molecule has 1 aromatic rings. The molecule has 104 valence electrons. The van der Waals surface area contributed by atoms with Crippen molar-refractivity contribution < 1.29 is 14.3 Å². The van der Waals surface area contributed by atoms with E-state index in [4.69, 9.17) is 4.74 Å². The largest absolute Gasteiger partial charge is 0.412 e. The molecule has 1 rings (SSSR count). The minimum atomic E-state index is -0.524. The molecule has 0 spiro atoms. The van der Waals surface area contributed by atoms with Gasteiger partial charge in [0.25, 0.3) is 0 Å². The summed E-state index contributed by atoms with van der Waals surface area (Å²) in [5.74, 6) is 0.813. The van der Waals surface area contributed by atoms with Gasteiger partial charge < -0.3 is 15.4 Å². The molecule has 0 aromatic heterocycles. The number of amides is 2. The van der Waals surface area contributed by atoms with Gasteiger partial charge in [0.2, 0.25) is 5.91 Å². The minimum Gasteiger partial charge on any atom is -0.410 e. The Kier molecular flexibility index (Phi) is 6.43. The number of benzene rings is 1. The molecule has 0 aliphatic heterocycles. The van der Waals surface area contributed by atoms with Gasteiger partial charge in [0, 0.05) is 19.5 Å². The van der Waals surface area contributed by atoms with E-state index in [1.165, 1.54) is 0 Å². The summed E-state index contributed by atoms with van der Waals surface area (Å²) in [6, 6.07) is 8.81. The maximum Gasteiger partial charge on any atom is 0.412 e. The third kappa shape index (κ3) is 7.08. The summed E-state index contributed by atoms with van der Waals surface area (Å²) in [6.45, 7) is 4.70. The average Bonchev–Trinajstić information content (AvgIpc) is 2.35. The first kappa shape index (κ1) is 15.0. The standard InChI is InChI=1S/C14H20N2O3/c1-11(2)10-13(17)15-8-9-16-14(18)19-12-6-4-3-5-7-12/h3-7,11H,8-10H2,1-2H3,(H,15,17)(H,16,18). The second-order valence-corrected chi connectivity index (χ2v) is 4.58. The number of carbonyl (C=O) groups is 2. The van der Waals surface area contributed by atoms with Gasteiger partial charge in [-0.25, -0.2) is 4.79 Å². The minimum absolute atomic E-state index is 0.00627. The van der Waals surface area contributed by atoms with E-state index >= 15 is 0 Å². The van der Waals surface area contributed by atoms with Gasteiger partial charge in [-0.15, -0.1) is 0 Å². The molecule has 2 N–H and O–H groups in total. The van der Waals surface area contributed by atoms with Crippen LogP contribution in [0.3, 0.4) is 0 Å². The van der Waals surface area contributed by atoms with Crippen LogP contribution in [-0.4, -0.2) is 25.1 Å². The van der Waals surface area contributed by atoms with Crippen LogP contribution >= 0.6 is 0 Å². The van der Waals surface area contributed by atoms with Crippen molar-refractivity contribution in [2.24, 2.45) is 5.92 Å². The smallest absolute Gasteiger partial charge is 0.410 e. The Bertz CT molecular complexity index is 404. The summed E-state index contributed by atoms with van der Waals surface area (Å²) in [5.41, 5.74) is 0. The maximum absolute atomic E-state index is 11.4. The third-order valence-electron chi connectivity index (χ3n) is 2.26. The molecular weight excluding hydrogens is 244 g/mol. The number of nitrogens with one attached hydrogen (secondary N) is 2. The summed E-state index contributed by atoms with van der Waals surface area (Å²) in [6.07, 6.45) is -0.0293. The van der Waals surface area contributed by atoms with E-state index in [-0.39, 0.29) is 5.91 Å². The van der Waals surface area contributed by atoms with Crippen molar-refractivity contribution in [1.82, 2.24) is 10.6 Å². The molecule has 0 bridgehead atoms. The lowest BCUT2D eigenvalue weighted by molar-refractivity contribution is -0.121. The van der Waals surface area contributed by atoms with Gasteiger partial charge in [-0.2, -0.15) is 0 Å². The summed E-state index contributed by atoms with van der Waals surface area (Å²) in [4.78, 5) is 22.7. The highest BCUT2D eigenvalue weighted by molar-refractivity contribution is 5.76. The lowest BCUT2D eigenvalue weighted by atomic mass is 10.1. The van der Waals surface area contributed by atoms with Crippen molar-refractivity contribution in [1.29, 1.82) is 0 Å². The lowest BCUT2D eigenvalue weighted by Gasteiger charge is -2.08. The molecule has 2 amide bonds. The number of hydrogen-bond acceptors (Lipinski definition) is 3. The first-order chi connectivity index (χ1) is 9.08. The molecular formula is C14H20N2O3. The van der Waals surface area contributed by atoms with Crippen molar-refractivity contribution in [3.63, 3.8) is 0 Å². The van der Waals surface area contributed by atoms with E-state index < -0.39 is 6.09 Å². The van der Waals surface area contributed by atoms with Crippen LogP contribution in [0, 0.1) is 5.92 Å². The molecule has 0 aliphatic rings. The second-order valence-electron chi connectivity index (χ2n) is 4.58. The Labute approximate surface area is 113 Å². The molecule has 0 atom stereocenters. The van der Waals surface area contributed by atoms with E-state index in [1.54, 1.807) is 24.3 Å². The van der Waals surface area contributed by atoms with Crippen LogP contribution in [0.15, 0.2) is 30.3 Å². The van der Waals surface area contributed by atoms with Gasteiger partial charge in [-0.3, -0.25) is 4.79 Å². The van der Waals surface area contributed by atoms with Crippen molar-refractivity contribution in [3.05, 3.63) is 30.3 Å². The van der Waals surface area contributed by atoms with E-state index in [2.05, 4.69) is 10.6 Å². The second kappa shape index (κ2) is 8.13. The number of para-hydroxylation sites is 1. The fourth-order valence-corrected chi connectivity index (χ4v) is 1.44. The summed E-state index contributed by atoms with van der Waals surface area (Å²) >= 11 is 0. The first-order valence-corrected chi connectivity index (χ1v) is 6.35. The SMILES string of the molecule is CC(C)CC(=O)NCCNC(=O)Oc1ccccc1. The predicted molar refractivity (Wildman–Crippen MR) is 72.9 cm³/mol. The maximum atomic E-state index is 11.4. The summed E-state index contributed by atoms with van der Waals surface area (Å²) in [5, 5.41) is 5.29. The molecule has 19 heavy (non-hydrogen) atoms. The van der Waals surface area contributed by atoms with Gasteiger partial charge in [0.15, 0.2) is 0 Å². The molecule has 1 aromatic carbocycles. The van der Waals surface area contributed by atoms with Crippen molar-refractivity contribution >= 4 is 12.0 Å². The molecule has 0 saturated heterocycles. The van der Waals surface area contributed by atoms with E-state index in [0.717, 1.165) is 0 Å². The summed E-state index contributed by atoms with van der Waals surface area (Å²) in [7, 11) is 0. The van der Waals surface area contributed by atoms with E-state index in [9.17, 15) is 9.59 Å². The fourth-order valence-electron chi connectivity index (χ4n) is 1.44. The number of rotatable bonds is 6. The van der Waals surface area contributed by atoms with E-state index in [0.29, 0.717) is 31.2 Å². The van der Waals surface area contributed by atoms with Gasteiger partial charge in [-0.05, 0) is 18.1 Å². The van der Waals surface area contributed by atoms with Crippen LogP contribution in [-0.2, 0) is 4.79 Å². The fraction of sp³-hybridized carbons (Fsp3) is 0.429. The molecule has 5 heteroatoms. The molecule has 0 aliphatic carbocycles. The number of carbonyl (C=O) groups excluding carboxylic acids is 2. The van der Waals surface area contributed by atoms with Crippen LogP contribution in [0.25, 0.3) is 0 Å². The van der Waals surface area contributed by atoms with Gasteiger partial charge >= 0.3 is 6.09 Å². The molecule has 0 radical (unpaired) electrons. The monoisotopic (exact) mass is 264 g/mol. The van der Waals surface area contributed by atoms with Crippen LogP contribution in [0.4, 0.5) is 4.79 Å². The Morgan fingerprint density at radius 1 is 1.11 bits per heavy atom. The normalized spacial score (nSPS) is 10.1. The van der Waals surface area contributed by atoms with E-state index in [1.807, 2.05) is 19.9 Å². The van der Waals surface area contributed by atoms with Crippen molar-refractivity contribution in [2.45, 2.75) is 20.3 Å². The Hall–Kier alpha value is -2.04. The van der Waals surface area contributed by atoms with Crippen LogP contribution in [0.1, 0.15) is 20.3 Å². The number of hydrogen-bond donors (Lipinski definition) is 2. The Balaban J connectivity index is 2.13. The zero-order valence-electron chi connectivity index (χ0n) is 11.3. The third-order valence-corrected chi connectivity index (χ3v) is 2.26. The molecule has 0 heterocycles. The molecule has 0 fully saturated rings. The Morgan fingerprint density at radius 3 is 2.37 bits per heavy atom. The van der Waals surface area contributed by atoms with Crippen LogP contribution in [0.2, 0.25) is 0 Å². The number of ether oxygens (including phenoxy) is 1. The molecule has 0 saturated carbocycles. The van der Waals surface area contributed by atoms with Crippen molar-refractivity contribution in [2.75, 3.05) is 13.1 Å². The van der Waals surface area contributed by atoms with Crippen molar-refractivity contribution in [3.8, 4) is 5.75 Å². The van der Waals surface area contributed by atoms with Crippen LogP contribution in [0.5, 0.6) is 5.75 Å². The highest BCUT2D eigenvalue weighted by Gasteiger charge is 2.05. The molecule has 5 nitrogen and oxygen atoms in total. The first-order valence-electron chi connectivity index (χ1n) is 6.35. The highest BCUT2D eigenvalue weighted by Crippen LogP contribution is 2.07. The van der Waals surface area contributed by atoms with Crippen LogP contribution < -0.4 is 15.4 Å². The van der Waals surface area contributed by atoms with Gasteiger partial charge in [-0.1, -0.05) is 32.0 Å². The zero-order chi connectivity index (χ0) is 14.1. The van der Waals surface area contributed by atoms with Gasteiger partial charge in [0.1, 0.15) is 5.75 Å². The summed E-state index contributed by atoms with van der Waals surface area (Å²) < 4.78 is 5.02. The average molecular weight is 264 g/mol. The molecule has 0 unspecified atom stereocenters. The van der Waals surface area contributed by atoms with Gasteiger partial charge in [0.05, 0.1) is 0 Å². The lowest BCUT2D eigenvalue weighted by Crippen LogP contribution is -2.36. The zero-order valence-corrected chi connectivity index (χ0v) is 11.3.